The number of ether oxygens (including phenoxy) is 2. The number of aliphatic carboxylic acids is 1. The monoisotopic (exact) mass is 469 g/mol. The molecule has 32 heavy (non-hydrogen) atoms. The van der Waals surface area contributed by atoms with Crippen LogP contribution in [0.25, 0.3) is 0 Å². The smallest absolute Gasteiger partial charge is 0.308 e. The summed E-state index contributed by atoms with van der Waals surface area (Å²) in [6, 6.07) is 5.48. The lowest BCUT2D eigenvalue weighted by Crippen LogP contribution is -2.46. The second-order valence-electron chi connectivity index (χ2n) is 8.62. The van der Waals surface area contributed by atoms with Gasteiger partial charge >= 0.3 is 5.97 Å². The molecule has 2 heterocycles. The van der Waals surface area contributed by atoms with Gasteiger partial charge in [-0.15, -0.1) is 0 Å². The Morgan fingerprint density at radius 1 is 1.16 bits per heavy atom. The number of hydrogen-bond donors (Lipinski definition) is 1. The average Bonchev–Trinajstić information content (AvgIpc) is 3.35. The minimum atomic E-state index is -3.53. The van der Waals surface area contributed by atoms with Crippen LogP contribution in [-0.4, -0.2) is 86.1 Å². The Morgan fingerprint density at radius 3 is 2.50 bits per heavy atom. The van der Waals surface area contributed by atoms with Gasteiger partial charge in [0.15, 0.2) is 11.5 Å². The summed E-state index contributed by atoms with van der Waals surface area (Å²) < 4.78 is 39.0. The lowest BCUT2D eigenvalue weighted by atomic mass is 9.84. The number of benzene rings is 1. The van der Waals surface area contributed by atoms with Crippen LogP contribution in [0, 0.1) is 5.92 Å². The van der Waals surface area contributed by atoms with E-state index in [1.807, 2.05) is 32.0 Å². The summed E-state index contributed by atoms with van der Waals surface area (Å²) in [6.45, 7) is 5.97. The Hall–Kier alpha value is -1.88. The number of hydrogen-bond acceptors (Lipinski definition) is 6. The van der Waals surface area contributed by atoms with Gasteiger partial charge in [0.05, 0.1) is 5.92 Å². The molecule has 0 saturated carbocycles. The summed E-state index contributed by atoms with van der Waals surface area (Å²) in [5.41, 5.74) is 0.914. The molecule has 0 spiro atoms. The van der Waals surface area contributed by atoms with Crippen molar-refractivity contribution >= 4 is 16.2 Å². The van der Waals surface area contributed by atoms with Crippen molar-refractivity contribution in [1.29, 1.82) is 0 Å². The third-order valence-electron chi connectivity index (χ3n) is 6.34. The third-order valence-corrected chi connectivity index (χ3v) is 8.28. The lowest BCUT2D eigenvalue weighted by molar-refractivity contribution is -0.143. The van der Waals surface area contributed by atoms with Crippen LogP contribution in [0.2, 0.25) is 0 Å². The summed E-state index contributed by atoms with van der Waals surface area (Å²) in [6.07, 6.45) is 2.31. The number of carboxylic acids is 1. The zero-order valence-corrected chi connectivity index (χ0v) is 20.2. The molecule has 1 aromatic rings. The predicted octanol–water partition coefficient (Wildman–Crippen LogP) is 2.20. The molecule has 1 N–H and O–H groups in total. The molecule has 180 valence electrons. The van der Waals surface area contributed by atoms with E-state index in [1.165, 1.54) is 22.7 Å². The van der Waals surface area contributed by atoms with Gasteiger partial charge < -0.3 is 14.6 Å². The fourth-order valence-corrected chi connectivity index (χ4v) is 5.96. The molecule has 3 rings (SSSR count). The van der Waals surface area contributed by atoms with Gasteiger partial charge in [-0.2, -0.15) is 17.0 Å². The maximum absolute atomic E-state index is 12.7. The van der Waals surface area contributed by atoms with E-state index in [0.29, 0.717) is 44.1 Å². The van der Waals surface area contributed by atoms with Crippen molar-refractivity contribution in [2.24, 2.45) is 5.92 Å². The fourth-order valence-electron chi connectivity index (χ4n) is 4.77. The minimum absolute atomic E-state index is 0.154. The van der Waals surface area contributed by atoms with Crippen molar-refractivity contribution in [1.82, 2.24) is 13.5 Å². The molecule has 2 aliphatic rings. The second kappa shape index (κ2) is 10.4. The van der Waals surface area contributed by atoms with Crippen molar-refractivity contribution in [3.05, 3.63) is 23.8 Å². The Kier molecular flexibility index (Phi) is 8.02. The Morgan fingerprint density at radius 2 is 1.88 bits per heavy atom. The van der Waals surface area contributed by atoms with E-state index in [-0.39, 0.29) is 18.8 Å². The number of rotatable bonds is 11. The van der Waals surface area contributed by atoms with Gasteiger partial charge in [-0.25, -0.2) is 0 Å². The first-order valence-electron chi connectivity index (χ1n) is 11.2. The van der Waals surface area contributed by atoms with E-state index in [2.05, 4.69) is 4.90 Å². The van der Waals surface area contributed by atoms with Crippen LogP contribution in [0.15, 0.2) is 18.2 Å². The summed E-state index contributed by atoms with van der Waals surface area (Å²) in [7, 11) is -0.469. The minimum Gasteiger partial charge on any atom is -0.481 e. The zero-order valence-electron chi connectivity index (χ0n) is 19.4. The van der Waals surface area contributed by atoms with Crippen LogP contribution in [-0.2, 0) is 15.0 Å². The van der Waals surface area contributed by atoms with E-state index in [0.717, 1.165) is 18.4 Å². The van der Waals surface area contributed by atoms with E-state index >= 15 is 0 Å². The third kappa shape index (κ3) is 5.03. The number of carboxylic acid groups (broad SMARTS) is 1. The molecule has 1 fully saturated rings. The molecule has 1 saturated heterocycles. The summed E-state index contributed by atoms with van der Waals surface area (Å²) >= 11 is 0. The van der Waals surface area contributed by atoms with Gasteiger partial charge in [0.2, 0.25) is 6.79 Å². The molecule has 0 aliphatic carbocycles. The highest BCUT2D eigenvalue weighted by atomic mass is 32.2. The molecule has 1 aromatic carbocycles. The molecule has 10 heteroatoms. The molecule has 0 aromatic heterocycles. The molecular weight excluding hydrogens is 434 g/mol. The molecule has 3 unspecified atom stereocenters. The highest BCUT2D eigenvalue weighted by Gasteiger charge is 2.46. The normalized spacial score (nSPS) is 23.4. The number of nitrogens with zero attached hydrogens (tertiary/aromatic N) is 3. The van der Waals surface area contributed by atoms with Crippen LogP contribution in [0.3, 0.4) is 0 Å². The maximum atomic E-state index is 12.7. The summed E-state index contributed by atoms with van der Waals surface area (Å²) in [4.78, 5) is 14.5. The van der Waals surface area contributed by atoms with Crippen LogP contribution >= 0.6 is 0 Å². The molecular formula is C22H35N3O6S. The fraction of sp³-hybridized carbons (Fsp3) is 0.682. The first kappa shape index (κ1) is 24.8. The zero-order chi connectivity index (χ0) is 23.5. The van der Waals surface area contributed by atoms with Gasteiger partial charge in [-0.1, -0.05) is 26.3 Å². The van der Waals surface area contributed by atoms with E-state index in [4.69, 9.17) is 9.47 Å². The van der Waals surface area contributed by atoms with Gasteiger partial charge in [-0.05, 0) is 30.5 Å². The Labute approximate surface area is 191 Å². The van der Waals surface area contributed by atoms with Crippen molar-refractivity contribution in [2.75, 3.05) is 47.1 Å². The predicted molar refractivity (Wildman–Crippen MR) is 121 cm³/mol. The first-order valence-corrected chi connectivity index (χ1v) is 12.6. The maximum Gasteiger partial charge on any atom is 0.308 e. The largest absolute Gasteiger partial charge is 0.481 e. The van der Waals surface area contributed by atoms with E-state index < -0.39 is 22.1 Å². The van der Waals surface area contributed by atoms with Crippen LogP contribution in [0.4, 0.5) is 0 Å². The van der Waals surface area contributed by atoms with Gasteiger partial charge in [0.25, 0.3) is 10.2 Å². The van der Waals surface area contributed by atoms with Crippen LogP contribution in [0.5, 0.6) is 11.5 Å². The number of carbonyl (C=O) groups is 1. The van der Waals surface area contributed by atoms with E-state index in [1.54, 1.807) is 0 Å². The first-order chi connectivity index (χ1) is 15.2. The molecule has 3 atom stereocenters. The van der Waals surface area contributed by atoms with Crippen molar-refractivity contribution in [3.63, 3.8) is 0 Å². The van der Waals surface area contributed by atoms with Crippen LogP contribution in [0.1, 0.15) is 44.6 Å². The molecule has 2 aliphatic heterocycles. The number of likely N-dealkylation sites (tertiary alicyclic amines) is 1. The lowest BCUT2D eigenvalue weighted by Gasteiger charge is -2.30. The topological polar surface area (TPSA) is 99.6 Å². The van der Waals surface area contributed by atoms with Crippen molar-refractivity contribution in [2.45, 2.75) is 45.1 Å². The quantitative estimate of drug-likeness (QED) is 0.530. The molecule has 9 nitrogen and oxygen atoms in total. The SMILES string of the molecule is CCCC1C(C(=O)O)C(c2ccc3c(c2)OCO3)CN1CCN(CCC)S(=O)(=O)N(C)C. The Bertz CT molecular complexity index is 907. The summed E-state index contributed by atoms with van der Waals surface area (Å²) in [5, 5.41) is 10.1. The number of fused-ring (bicyclic) bond motifs is 1. The van der Waals surface area contributed by atoms with Gasteiger partial charge in [0, 0.05) is 52.2 Å². The van der Waals surface area contributed by atoms with Crippen molar-refractivity contribution in [3.8, 4) is 11.5 Å². The van der Waals surface area contributed by atoms with Gasteiger partial charge in [0.1, 0.15) is 0 Å². The van der Waals surface area contributed by atoms with Gasteiger partial charge in [-0.3, -0.25) is 9.69 Å². The van der Waals surface area contributed by atoms with E-state index in [9.17, 15) is 18.3 Å². The summed E-state index contributed by atoms with van der Waals surface area (Å²) in [5.74, 6) is -0.281. The Balaban J connectivity index is 1.84. The van der Waals surface area contributed by atoms with Crippen molar-refractivity contribution < 1.29 is 27.8 Å². The average molecular weight is 470 g/mol. The standard InChI is InChI=1S/C22H35N3O6S/c1-5-7-18-21(22(26)27)17(16-8-9-19-20(13-16)31-15-30-19)14-24(18)11-12-25(10-6-2)32(28,29)23(3)4/h8-9,13,17-18,21H,5-7,10-12,14-15H2,1-4H3,(H,26,27). The second-order valence-corrected chi connectivity index (χ2v) is 10.8. The highest BCUT2D eigenvalue weighted by Crippen LogP contribution is 2.42. The highest BCUT2D eigenvalue weighted by molar-refractivity contribution is 7.86. The molecule has 0 radical (unpaired) electrons. The molecule has 0 bridgehead atoms. The van der Waals surface area contributed by atoms with Crippen LogP contribution < -0.4 is 9.47 Å². The molecule has 0 amide bonds.